The highest BCUT2D eigenvalue weighted by Crippen LogP contribution is 2.32. The topological polar surface area (TPSA) is 64.1 Å². The molecule has 1 aromatic rings. The third-order valence-electron chi connectivity index (χ3n) is 2.53. The molecule has 0 radical (unpaired) electrons. The first-order valence-corrected chi connectivity index (χ1v) is 4.71. The minimum absolute atomic E-state index is 0.313. The summed E-state index contributed by atoms with van der Waals surface area (Å²) in [5, 5.41) is 3.16. The van der Waals surface area contributed by atoms with Gasteiger partial charge in [0.05, 0.1) is 5.69 Å². The number of aromatic nitrogens is 1. The molecule has 1 heterocycles. The highest BCUT2D eigenvalue weighted by atomic mass is 16.4. The molecular weight excluding hydrogens is 166 g/mol. The van der Waals surface area contributed by atoms with Gasteiger partial charge in [0.1, 0.15) is 5.76 Å². The van der Waals surface area contributed by atoms with Gasteiger partial charge in [-0.05, 0) is 26.3 Å². The summed E-state index contributed by atoms with van der Waals surface area (Å²) in [7, 11) is 1.95. The number of nitrogens with zero attached hydrogens (tertiary/aromatic N) is 1. The molecule has 0 spiro atoms. The molecule has 0 amide bonds. The van der Waals surface area contributed by atoms with Crippen LogP contribution in [-0.4, -0.2) is 18.6 Å². The Morgan fingerprint density at radius 2 is 2.54 bits per heavy atom. The van der Waals surface area contributed by atoms with Gasteiger partial charge >= 0.3 is 0 Å². The van der Waals surface area contributed by atoms with Crippen molar-refractivity contribution < 1.29 is 4.42 Å². The molecule has 2 rings (SSSR count). The number of oxazole rings is 1. The lowest BCUT2D eigenvalue weighted by atomic mass is 9.91. The first-order chi connectivity index (χ1) is 6.31. The average molecular weight is 181 g/mol. The van der Waals surface area contributed by atoms with E-state index in [0.717, 1.165) is 24.4 Å². The molecule has 72 valence electrons. The predicted molar refractivity (Wildman–Crippen MR) is 50.5 cm³/mol. The zero-order valence-corrected chi connectivity index (χ0v) is 7.84. The monoisotopic (exact) mass is 181 g/mol. The van der Waals surface area contributed by atoms with Crippen molar-refractivity contribution in [1.29, 1.82) is 0 Å². The second-order valence-electron chi connectivity index (χ2n) is 3.51. The average Bonchev–Trinajstić information content (AvgIpc) is 2.47. The molecule has 0 fully saturated rings. The Labute approximate surface area is 77.5 Å². The van der Waals surface area contributed by atoms with Gasteiger partial charge in [-0.2, -0.15) is 4.98 Å². The lowest BCUT2D eigenvalue weighted by molar-refractivity contribution is 0.416. The first kappa shape index (κ1) is 8.56. The van der Waals surface area contributed by atoms with E-state index in [-0.39, 0.29) is 0 Å². The van der Waals surface area contributed by atoms with Crippen LogP contribution >= 0.6 is 0 Å². The molecule has 1 unspecified atom stereocenters. The molecule has 0 saturated heterocycles. The second-order valence-corrected chi connectivity index (χ2v) is 3.51. The lowest BCUT2D eigenvalue weighted by Crippen LogP contribution is -2.20. The maximum atomic E-state index is 5.52. The minimum Gasteiger partial charge on any atom is -0.428 e. The Hall–Kier alpha value is -1.03. The normalized spacial score (nSPS) is 21.5. The molecule has 0 aromatic carbocycles. The summed E-state index contributed by atoms with van der Waals surface area (Å²) in [5.74, 6) is 1.46. The van der Waals surface area contributed by atoms with Gasteiger partial charge in [0, 0.05) is 12.5 Å². The zero-order chi connectivity index (χ0) is 9.26. The number of anilines is 1. The van der Waals surface area contributed by atoms with Crippen molar-refractivity contribution in [2.45, 2.75) is 25.2 Å². The summed E-state index contributed by atoms with van der Waals surface area (Å²) in [6.45, 7) is 0.946. The molecule has 3 N–H and O–H groups in total. The Balaban J connectivity index is 2.25. The molecule has 1 atom stereocenters. The predicted octanol–water partition coefficient (Wildman–Crippen LogP) is 0.896. The Morgan fingerprint density at radius 1 is 1.69 bits per heavy atom. The van der Waals surface area contributed by atoms with Crippen molar-refractivity contribution in [3.63, 3.8) is 0 Å². The van der Waals surface area contributed by atoms with Gasteiger partial charge < -0.3 is 15.5 Å². The summed E-state index contributed by atoms with van der Waals surface area (Å²) in [6.07, 6.45) is 3.37. The van der Waals surface area contributed by atoms with Crippen molar-refractivity contribution in [3.05, 3.63) is 11.5 Å². The summed E-state index contributed by atoms with van der Waals surface area (Å²) in [5.41, 5.74) is 6.58. The minimum atomic E-state index is 0.313. The first-order valence-electron chi connectivity index (χ1n) is 4.71. The standard InChI is InChI=1S/C9H15N3O/c1-11-5-6-3-2-4-7-8(6)13-9(10)12-7/h6,11H,2-5H2,1H3,(H2,10,12). The number of fused-ring (bicyclic) bond motifs is 1. The van der Waals surface area contributed by atoms with Crippen molar-refractivity contribution in [2.75, 3.05) is 19.3 Å². The Kier molecular flexibility index (Phi) is 2.22. The molecule has 1 aromatic heterocycles. The molecule has 1 aliphatic rings. The number of hydrogen-bond acceptors (Lipinski definition) is 4. The number of aryl methyl sites for hydroxylation is 1. The van der Waals surface area contributed by atoms with Crippen molar-refractivity contribution in [1.82, 2.24) is 10.3 Å². The maximum absolute atomic E-state index is 5.52. The molecule has 4 heteroatoms. The van der Waals surface area contributed by atoms with Crippen LogP contribution in [0.3, 0.4) is 0 Å². The number of hydrogen-bond donors (Lipinski definition) is 2. The molecule has 0 saturated carbocycles. The third kappa shape index (κ3) is 1.54. The molecule has 0 aliphatic heterocycles. The quantitative estimate of drug-likeness (QED) is 0.711. The van der Waals surface area contributed by atoms with Crippen LogP contribution in [0.4, 0.5) is 6.01 Å². The van der Waals surface area contributed by atoms with Gasteiger partial charge in [0.2, 0.25) is 0 Å². The summed E-state index contributed by atoms with van der Waals surface area (Å²) >= 11 is 0. The summed E-state index contributed by atoms with van der Waals surface area (Å²) < 4.78 is 5.40. The van der Waals surface area contributed by atoms with Crippen LogP contribution in [0.25, 0.3) is 0 Å². The van der Waals surface area contributed by atoms with Crippen LogP contribution in [0.2, 0.25) is 0 Å². The summed E-state index contributed by atoms with van der Waals surface area (Å²) in [4.78, 5) is 4.17. The molecule has 4 nitrogen and oxygen atoms in total. The Bertz CT molecular complexity index is 295. The van der Waals surface area contributed by atoms with E-state index in [4.69, 9.17) is 10.2 Å². The summed E-state index contributed by atoms with van der Waals surface area (Å²) in [6, 6.07) is 0.313. The fourth-order valence-corrected chi connectivity index (χ4v) is 1.97. The smallest absolute Gasteiger partial charge is 0.292 e. The fourth-order valence-electron chi connectivity index (χ4n) is 1.97. The van der Waals surface area contributed by atoms with Crippen molar-refractivity contribution in [3.8, 4) is 0 Å². The number of nitrogens with one attached hydrogen (secondary N) is 1. The van der Waals surface area contributed by atoms with E-state index in [2.05, 4.69) is 10.3 Å². The molecule has 1 aliphatic carbocycles. The Morgan fingerprint density at radius 3 is 3.31 bits per heavy atom. The van der Waals surface area contributed by atoms with E-state index < -0.39 is 0 Å². The van der Waals surface area contributed by atoms with Gasteiger partial charge in [-0.1, -0.05) is 0 Å². The van der Waals surface area contributed by atoms with Crippen LogP contribution in [0.5, 0.6) is 0 Å². The SMILES string of the molecule is CNCC1CCCc2nc(N)oc21. The van der Waals surface area contributed by atoms with Crippen LogP contribution in [-0.2, 0) is 6.42 Å². The van der Waals surface area contributed by atoms with E-state index in [1.807, 2.05) is 7.05 Å². The van der Waals surface area contributed by atoms with E-state index in [1.165, 1.54) is 12.8 Å². The largest absolute Gasteiger partial charge is 0.428 e. The maximum Gasteiger partial charge on any atom is 0.292 e. The number of likely N-dealkylation sites (N-methyl/N-ethyl adjacent to an activating group) is 1. The van der Waals surface area contributed by atoms with Gasteiger partial charge in [0.25, 0.3) is 6.01 Å². The van der Waals surface area contributed by atoms with Gasteiger partial charge in [-0.25, -0.2) is 0 Å². The van der Waals surface area contributed by atoms with Crippen LogP contribution < -0.4 is 11.1 Å². The highest BCUT2D eigenvalue weighted by Gasteiger charge is 2.25. The van der Waals surface area contributed by atoms with Gasteiger partial charge in [-0.15, -0.1) is 0 Å². The van der Waals surface area contributed by atoms with E-state index >= 15 is 0 Å². The lowest BCUT2D eigenvalue weighted by Gasteiger charge is -2.18. The van der Waals surface area contributed by atoms with E-state index in [0.29, 0.717) is 11.9 Å². The van der Waals surface area contributed by atoms with Crippen LogP contribution in [0.1, 0.15) is 30.2 Å². The number of nitrogen functional groups attached to an aromatic ring is 1. The molecular formula is C9H15N3O. The van der Waals surface area contributed by atoms with Crippen molar-refractivity contribution in [2.24, 2.45) is 0 Å². The van der Waals surface area contributed by atoms with E-state index in [9.17, 15) is 0 Å². The second kappa shape index (κ2) is 3.38. The van der Waals surface area contributed by atoms with Gasteiger partial charge in [-0.3, -0.25) is 0 Å². The van der Waals surface area contributed by atoms with Crippen molar-refractivity contribution >= 4 is 6.01 Å². The highest BCUT2D eigenvalue weighted by molar-refractivity contribution is 5.25. The molecule has 0 bridgehead atoms. The van der Waals surface area contributed by atoms with Gasteiger partial charge in [0.15, 0.2) is 0 Å². The van der Waals surface area contributed by atoms with E-state index in [1.54, 1.807) is 0 Å². The van der Waals surface area contributed by atoms with Crippen LogP contribution in [0.15, 0.2) is 4.42 Å². The van der Waals surface area contributed by atoms with Crippen LogP contribution in [0, 0.1) is 0 Å². The number of nitrogens with two attached hydrogens (primary N) is 1. The number of rotatable bonds is 2. The molecule has 13 heavy (non-hydrogen) atoms. The zero-order valence-electron chi connectivity index (χ0n) is 7.84. The third-order valence-corrected chi connectivity index (χ3v) is 2.53. The fraction of sp³-hybridized carbons (Fsp3) is 0.667.